The third-order valence-corrected chi connectivity index (χ3v) is 4.05. The number of amides is 1. The minimum atomic E-state index is -0.391. The fourth-order valence-corrected chi connectivity index (χ4v) is 2.73. The van der Waals surface area contributed by atoms with Crippen molar-refractivity contribution in [3.63, 3.8) is 0 Å². The van der Waals surface area contributed by atoms with E-state index in [9.17, 15) is 9.18 Å². The Morgan fingerprint density at radius 1 is 1.38 bits per heavy atom. The lowest BCUT2D eigenvalue weighted by molar-refractivity contribution is 0.0772. The van der Waals surface area contributed by atoms with Crippen LogP contribution in [0.4, 0.5) is 4.39 Å². The van der Waals surface area contributed by atoms with Gasteiger partial charge in [0.1, 0.15) is 5.82 Å². The van der Waals surface area contributed by atoms with Crippen LogP contribution in [0.1, 0.15) is 10.4 Å². The summed E-state index contributed by atoms with van der Waals surface area (Å²) in [6, 6.07) is 4.51. The quantitative estimate of drug-likeness (QED) is 0.795. The van der Waals surface area contributed by atoms with Crippen molar-refractivity contribution >= 4 is 33.6 Å². The Hall–Kier alpha value is -0.550. The number of nitrogens with zero attached hydrogens (tertiary/aromatic N) is 1. The van der Waals surface area contributed by atoms with E-state index in [-0.39, 0.29) is 5.91 Å². The van der Waals surface area contributed by atoms with Crippen LogP contribution >= 0.6 is 27.7 Å². The van der Waals surface area contributed by atoms with Gasteiger partial charge in [-0.15, -0.1) is 0 Å². The van der Waals surface area contributed by atoms with Gasteiger partial charge in [0.05, 0.1) is 4.47 Å². The van der Waals surface area contributed by atoms with Gasteiger partial charge >= 0.3 is 0 Å². The molecule has 0 saturated carbocycles. The molecule has 2 rings (SSSR count). The number of carbonyl (C=O) groups excluding carboxylic acids is 1. The van der Waals surface area contributed by atoms with Crippen molar-refractivity contribution in [3.05, 3.63) is 34.1 Å². The number of thioether (sulfide) groups is 1. The molecule has 1 aliphatic heterocycles. The SMILES string of the molecule is O=C(c1ccc(Br)c(F)c1)N1CCSCC1. The van der Waals surface area contributed by atoms with E-state index in [0.717, 1.165) is 24.6 Å². The highest BCUT2D eigenvalue weighted by Gasteiger charge is 2.18. The third-order valence-electron chi connectivity index (χ3n) is 2.46. The third kappa shape index (κ3) is 2.58. The fourth-order valence-electron chi connectivity index (χ4n) is 1.58. The van der Waals surface area contributed by atoms with Gasteiger partial charge in [-0.3, -0.25) is 4.79 Å². The van der Waals surface area contributed by atoms with Crippen LogP contribution in [-0.2, 0) is 0 Å². The summed E-state index contributed by atoms with van der Waals surface area (Å²) in [5, 5.41) is 0. The fraction of sp³-hybridized carbons (Fsp3) is 0.364. The number of halogens is 2. The van der Waals surface area contributed by atoms with Crippen LogP contribution in [-0.4, -0.2) is 35.4 Å². The first kappa shape index (κ1) is 11.9. The van der Waals surface area contributed by atoms with Crippen molar-refractivity contribution in [3.8, 4) is 0 Å². The van der Waals surface area contributed by atoms with Gasteiger partial charge < -0.3 is 4.90 Å². The van der Waals surface area contributed by atoms with E-state index in [1.807, 2.05) is 11.8 Å². The standard InChI is InChI=1S/C11H11BrFNOS/c12-9-2-1-8(7-10(9)13)11(15)14-3-5-16-6-4-14/h1-2,7H,3-6H2. The average molecular weight is 304 g/mol. The normalized spacial score (nSPS) is 16.2. The topological polar surface area (TPSA) is 20.3 Å². The Balaban J connectivity index is 2.16. The smallest absolute Gasteiger partial charge is 0.254 e. The molecule has 0 atom stereocenters. The Kier molecular flexibility index (Phi) is 3.86. The number of hydrogen-bond acceptors (Lipinski definition) is 2. The monoisotopic (exact) mass is 303 g/mol. The number of benzene rings is 1. The van der Waals surface area contributed by atoms with Gasteiger partial charge in [0.15, 0.2) is 0 Å². The van der Waals surface area contributed by atoms with Crippen LogP contribution in [0.25, 0.3) is 0 Å². The highest BCUT2D eigenvalue weighted by molar-refractivity contribution is 9.10. The molecule has 1 fully saturated rings. The van der Waals surface area contributed by atoms with Crippen molar-refractivity contribution in [2.45, 2.75) is 0 Å². The Morgan fingerprint density at radius 2 is 2.06 bits per heavy atom. The van der Waals surface area contributed by atoms with Gasteiger partial charge in [-0.1, -0.05) is 0 Å². The van der Waals surface area contributed by atoms with Crippen LogP contribution in [0.5, 0.6) is 0 Å². The van der Waals surface area contributed by atoms with Crippen molar-refractivity contribution in [1.82, 2.24) is 4.90 Å². The highest BCUT2D eigenvalue weighted by Crippen LogP contribution is 2.18. The first-order valence-corrected chi connectivity index (χ1v) is 6.95. The molecule has 1 saturated heterocycles. The molecule has 2 nitrogen and oxygen atoms in total. The molecule has 1 heterocycles. The van der Waals surface area contributed by atoms with Gasteiger partial charge in [0.25, 0.3) is 5.91 Å². The predicted molar refractivity (Wildman–Crippen MR) is 67.3 cm³/mol. The summed E-state index contributed by atoms with van der Waals surface area (Å²) >= 11 is 4.91. The van der Waals surface area contributed by atoms with Crippen LogP contribution in [0, 0.1) is 5.82 Å². The second-order valence-electron chi connectivity index (χ2n) is 3.53. The highest BCUT2D eigenvalue weighted by atomic mass is 79.9. The summed E-state index contributed by atoms with van der Waals surface area (Å²) in [5.74, 6) is 1.46. The number of hydrogen-bond donors (Lipinski definition) is 0. The average Bonchev–Trinajstić information content (AvgIpc) is 2.33. The van der Waals surface area contributed by atoms with E-state index in [4.69, 9.17) is 0 Å². The van der Waals surface area contributed by atoms with E-state index in [0.29, 0.717) is 10.0 Å². The minimum absolute atomic E-state index is 0.0771. The summed E-state index contributed by atoms with van der Waals surface area (Å²) in [6.07, 6.45) is 0. The van der Waals surface area contributed by atoms with E-state index >= 15 is 0 Å². The predicted octanol–water partition coefficient (Wildman–Crippen LogP) is 2.78. The molecule has 0 aromatic heterocycles. The van der Waals surface area contributed by atoms with Gasteiger partial charge in [0, 0.05) is 30.2 Å². The van der Waals surface area contributed by atoms with E-state index in [1.165, 1.54) is 6.07 Å². The largest absolute Gasteiger partial charge is 0.337 e. The van der Waals surface area contributed by atoms with Gasteiger partial charge in [0.2, 0.25) is 0 Å². The van der Waals surface area contributed by atoms with Gasteiger partial charge in [-0.05, 0) is 34.1 Å². The van der Waals surface area contributed by atoms with Crippen LogP contribution < -0.4 is 0 Å². The van der Waals surface area contributed by atoms with Crippen LogP contribution in [0.15, 0.2) is 22.7 Å². The molecule has 0 aliphatic carbocycles. The molecule has 0 spiro atoms. The molecule has 0 radical (unpaired) electrons. The molecule has 1 aliphatic rings. The molecule has 1 aromatic carbocycles. The zero-order chi connectivity index (χ0) is 11.5. The van der Waals surface area contributed by atoms with Gasteiger partial charge in [-0.25, -0.2) is 4.39 Å². The molecule has 16 heavy (non-hydrogen) atoms. The number of carbonyl (C=O) groups is 1. The number of rotatable bonds is 1. The van der Waals surface area contributed by atoms with Crippen LogP contribution in [0.3, 0.4) is 0 Å². The summed E-state index contributed by atoms with van der Waals surface area (Å²) in [5.41, 5.74) is 0.424. The second kappa shape index (κ2) is 5.19. The van der Waals surface area contributed by atoms with Crippen molar-refractivity contribution in [2.24, 2.45) is 0 Å². The summed E-state index contributed by atoms with van der Waals surface area (Å²) in [4.78, 5) is 13.8. The molecule has 86 valence electrons. The molecule has 1 aromatic rings. The van der Waals surface area contributed by atoms with Crippen molar-refractivity contribution in [1.29, 1.82) is 0 Å². The van der Waals surface area contributed by atoms with E-state index in [2.05, 4.69) is 15.9 Å². The lowest BCUT2D eigenvalue weighted by Crippen LogP contribution is -2.37. The van der Waals surface area contributed by atoms with Crippen molar-refractivity contribution in [2.75, 3.05) is 24.6 Å². The van der Waals surface area contributed by atoms with E-state index in [1.54, 1.807) is 17.0 Å². The van der Waals surface area contributed by atoms with E-state index < -0.39 is 5.82 Å². The molecule has 1 amide bonds. The lowest BCUT2D eigenvalue weighted by Gasteiger charge is -2.26. The van der Waals surface area contributed by atoms with Crippen LogP contribution in [0.2, 0.25) is 0 Å². The Bertz CT molecular complexity index is 407. The molecule has 0 N–H and O–H groups in total. The summed E-state index contributed by atoms with van der Waals surface area (Å²) in [6.45, 7) is 1.50. The molecular weight excluding hydrogens is 293 g/mol. The Morgan fingerprint density at radius 3 is 2.69 bits per heavy atom. The lowest BCUT2D eigenvalue weighted by atomic mass is 10.2. The maximum absolute atomic E-state index is 13.3. The first-order chi connectivity index (χ1) is 7.68. The summed E-state index contributed by atoms with van der Waals surface area (Å²) < 4.78 is 13.7. The zero-order valence-electron chi connectivity index (χ0n) is 8.58. The maximum atomic E-state index is 13.3. The first-order valence-electron chi connectivity index (χ1n) is 5.00. The van der Waals surface area contributed by atoms with Crippen molar-refractivity contribution < 1.29 is 9.18 Å². The Labute approximate surface area is 106 Å². The zero-order valence-corrected chi connectivity index (χ0v) is 11.0. The summed E-state index contributed by atoms with van der Waals surface area (Å²) in [7, 11) is 0. The second-order valence-corrected chi connectivity index (χ2v) is 5.61. The molecular formula is C11H11BrFNOS. The minimum Gasteiger partial charge on any atom is -0.337 e. The molecule has 0 bridgehead atoms. The molecule has 0 unspecified atom stereocenters. The van der Waals surface area contributed by atoms with Gasteiger partial charge in [-0.2, -0.15) is 11.8 Å². The maximum Gasteiger partial charge on any atom is 0.254 e. The molecule has 5 heteroatoms.